The van der Waals surface area contributed by atoms with Gasteiger partial charge < -0.3 is 4.74 Å². The Morgan fingerprint density at radius 3 is 2.59 bits per heavy atom. The molecule has 2 aromatic rings. The number of rotatable bonds is 2. The minimum atomic E-state index is -4.41. The summed E-state index contributed by atoms with van der Waals surface area (Å²) in [5.74, 6) is 0.00501. The number of aromatic nitrogens is 2. The maximum Gasteiger partial charge on any atom is 0.416 e. The third-order valence-electron chi connectivity index (χ3n) is 1.80. The fraction of sp³-hybridized carbons (Fsp3) is 0.111. The van der Waals surface area contributed by atoms with Gasteiger partial charge in [-0.2, -0.15) is 17.5 Å². The monoisotopic (exact) mass is 280 g/mol. The van der Waals surface area contributed by atoms with Gasteiger partial charge in [0.25, 0.3) is 5.88 Å². The van der Waals surface area contributed by atoms with Gasteiger partial charge in [-0.1, -0.05) is 17.7 Å². The summed E-state index contributed by atoms with van der Waals surface area (Å²) in [6.07, 6.45) is -4.41. The van der Waals surface area contributed by atoms with E-state index in [0.717, 1.165) is 23.9 Å². The molecule has 0 aliphatic carbocycles. The van der Waals surface area contributed by atoms with Crippen molar-refractivity contribution in [2.24, 2.45) is 0 Å². The molecular formula is C9H4ClF3N2OS. The molecule has 0 N–H and O–H groups in total. The number of benzene rings is 1. The van der Waals surface area contributed by atoms with Crippen molar-refractivity contribution in [2.45, 2.75) is 6.18 Å². The minimum absolute atomic E-state index is 0.00371. The average molecular weight is 281 g/mol. The molecule has 0 fully saturated rings. The van der Waals surface area contributed by atoms with Gasteiger partial charge in [0.05, 0.1) is 17.3 Å². The van der Waals surface area contributed by atoms with Crippen LogP contribution in [0.4, 0.5) is 13.2 Å². The van der Waals surface area contributed by atoms with Gasteiger partial charge in [0.15, 0.2) is 0 Å². The van der Waals surface area contributed by atoms with Crippen molar-refractivity contribution in [1.29, 1.82) is 0 Å². The fourth-order valence-corrected chi connectivity index (χ4v) is 1.69. The largest absolute Gasteiger partial charge is 0.436 e. The molecule has 0 unspecified atom stereocenters. The lowest BCUT2D eigenvalue weighted by atomic mass is 10.2. The highest BCUT2D eigenvalue weighted by molar-refractivity contribution is 6.99. The summed E-state index contributed by atoms with van der Waals surface area (Å²) < 4.78 is 49.7. The molecule has 3 nitrogen and oxygen atoms in total. The van der Waals surface area contributed by atoms with E-state index in [1.54, 1.807) is 0 Å². The summed E-state index contributed by atoms with van der Waals surface area (Å²) in [6.45, 7) is 0. The average Bonchev–Trinajstić information content (AvgIpc) is 2.64. The molecule has 0 atom stereocenters. The van der Waals surface area contributed by atoms with Gasteiger partial charge in [0.1, 0.15) is 5.75 Å². The zero-order chi connectivity index (χ0) is 12.5. The summed E-state index contributed by atoms with van der Waals surface area (Å²) in [7, 11) is 0. The molecule has 0 aliphatic rings. The van der Waals surface area contributed by atoms with Crippen LogP contribution < -0.4 is 4.74 Å². The molecule has 0 spiro atoms. The third kappa shape index (κ3) is 2.86. The molecular weight excluding hydrogens is 277 g/mol. The van der Waals surface area contributed by atoms with E-state index in [1.807, 2.05) is 0 Å². The Kier molecular flexibility index (Phi) is 3.21. The van der Waals surface area contributed by atoms with Gasteiger partial charge in [-0.3, -0.25) is 0 Å². The predicted octanol–water partition coefficient (Wildman–Crippen LogP) is 4.00. The van der Waals surface area contributed by atoms with Crippen LogP contribution in [0.15, 0.2) is 24.3 Å². The van der Waals surface area contributed by atoms with Gasteiger partial charge in [0.2, 0.25) is 5.15 Å². The maximum atomic E-state index is 12.4. The van der Waals surface area contributed by atoms with Crippen LogP contribution >= 0.6 is 23.3 Å². The molecule has 0 aliphatic heterocycles. The van der Waals surface area contributed by atoms with E-state index >= 15 is 0 Å². The van der Waals surface area contributed by atoms with Crippen LogP contribution in [0.2, 0.25) is 5.15 Å². The summed E-state index contributed by atoms with van der Waals surface area (Å²) in [6, 6.07) is 4.44. The lowest BCUT2D eigenvalue weighted by Crippen LogP contribution is -2.04. The first-order chi connectivity index (χ1) is 7.97. The Bertz CT molecular complexity index is 529. The first-order valence-corrected chi connectivity index (χ1v) is 5.41. The van der Waals surface area contributed by atoms with Gasteiger partial charge in [0, 0.05) is 0 Å². The van der Waals surface area contributed by atoms with Crippen molar-refractivity contribution in [1.82, 2.24) is 8.75 Å². The summed E-state index contributed by atoms with van der Waals surface area (Å²) >= 11 is 6.43. The van der Waals surface area contributed by atoms with Gasteiger partial charge in [-0.25, -0.2) is 0 Å². The second-order valence-corrected chi connectivity index (χ2v) is 3.87. The Morgan fingerprint density at radius 1 is 1.24 bits per heavy atom. The minimum Gasteiger partial charge on any atom is -0.436 e. The number of alkyl halides is 3. The van der Waals surface area contributed by atoms with E-state index in [0.29, 0.717) is 0 Å². The molecule has 1 heterocycles. The third-order valence-corrected chi connectivity index (χ3v) is 2.66. The molecule has 2 rings (SSSR count). The second-order valence-electron chi connectivity index (χ2n) is 2.99. The highest BCUT2D eigenvalue weighted by Crippen LogP contribution is 2.33. The molecule has 8 heteroatoms. The molecule has 1 aromatic carbocycles. The van der Waals surface area contributed by atoms with Crippen molar-refractivity contribution < 1.29 is 17.9 Å². The Labute approximate surface area is 103 Å². The van der Waals surface area contributed by atoms with E-state index in [2.05, 4.69) is 8.75 Å². The standard InChI is InChI=1S/C9H4ClF3N2OS/c10-7-8(15-17-14-7)16-6-3-1-2-5(4-6)9(11,12)13/h1-4H. The van der Waals surface area contributed by atoms with E-state index in [4.69, 9.17) is 16.3 Å². The zero-order valence-corrected chi connectivity index (χ0v) is 9.60. The smallest absolute Gasteiger partial charge is 0.416 e. The van der Waals surface area contributed by atoms with Gasteiger partial charge in [-0.15, -0.1) is 4.37 Å². The van der Waals surface area contributed by atoms with Crippen LogP contribution in [0.25, 0.3) is 0 Å². The van der Waals surface area contributed by atoms with E-state index in [9.17, 15) is 13.2 Å². The van der Waals surface area contributed by atoms with Crippen LogP contribution in [0.5, 0.6) is 11.6 Å². The predicted molar refractivity (Wildman–Crippen MR) is 56.4 cm³/mol. The van der Waals surface area contributed by atoms with Crippen molar-refractivity contribution >= 4 is 23.3 Å². The van der Waals surface area contributed by atoms with E-state index < -0.39 is 11.7 Å². The lowest BCUT2D eigenvalue weighted by Gasteiger charge is -2.08. The number of hydrogen-bond donors (Lipinski definition) is 0. The zero-order valence-electron chi connectivity index (χ0n) is 8.03. The number of hydrogen-bond acceptors (Lipinski definition) is 4. The molecule has 0 radical (unpaired) electrons. The second kappa shape index (κ2) is 4.50. The van der Waals surface area contributed by atoms with Crippen molar-refractivity contribution in [3.8, 4) is 11.6 Å². The lowest BCUT2D eigenvalue weighted by molar-refractivity contribution is -0.137. The van der Waals surface area contributed by atoms with E-state index in [-0.39, 0.29) is 16.8 Å². The molecule has 0 bridgehead atoms. The molecule has 1 aromatic heterocycles. The quantitative estimate of drug-likeness (QED) is 0.834. The van der Waals surface area contributed by atoms with Gasteiger partial charge in [-0.05, 0) is 18.2 Å². The van der Waals surface area contributed by atoms with Crippen LogP contribution in [-0.4, -0.2) is 8.75 Å². The Balaban J connectivity index is 2.26. The van der Waals surface area contributed by atoms with E-state index in [1.165, 1.54) is 12.1 Å². The first kappa shape index (κ1) is 12.1. The summed E-state index contributed by atoms with van der Waals surface area (Å²) in [5, 5.41) is 0.0208. The molecule has 0 saturated heterocycles. The number of nitrogens with zero attached hydrogens (tertiary/aromatic N) is 2. The Morgan fingerprint density at radius 2 is 2.00 bits per heavy atom. The SMILES string of the molecule is FC(F)(F)c1cccc(Oc2nsnc2Cl)c1. The molecule has 0 amide bonds. The van der Waals surface area contributed by atoms with Crippen molar-refractivity contribution in [3.63, 3.8) is 0 Å². The molecule has 17 heavy (non-hydrogen) atoms. The maximum absolute atomic E-state index is 12.4. The molecule has 90 valence electrons. The van der Waals surface area contributed by atoms with Crippen LogP contribution in [-0.2, 0) is 6.18 Å². The topological polar surface area (TPSA) is 35.0 Å². The number of ether oxygens (including phenoxy) is 1. The highest BCUT2D eigenvalue weighted by Gasteiger charge is 2.30. The van der Waals surface area contributed by atoms with Crippen molar-refractivity contribution in [3.05, 3.63) is 35.0 Å². The van der Waals surface area contributed by atoms with Crippen LogP contribution in [0.1, 0.15) is 5.56 Å². The number of halogens is 4. The fourth-order valence-electron chi connectivity index (χ4n) is 1.08. The summed E-state index contributed by atoms with van der Waals surface area (Å²) in [5.41, 5.74) is -0.797. The van der Waals surface area contributed by atoms with Crippen LogP contribution in [0, 0.1) is 0 Å². The first-order valence-electron chi connectivity index (χ1n) is 4.30. The summed E-state index contributed by atoms with van der Waals surface area (Å²) in [4.78, 5) is 0. The van der Waals surface area contributed by atoms with Gasteiger partial charge >= 0.3 is 6.18 Å². The van der Waals surface area contributed by atoms with Crippen LogP contribution in [0.3, 0.4) is 0 Å². The molecule has 0 saturated carbocycles. The normalized spacial score (nSPS) is 11.5. The van der Waals surface area contributed by atoms with Crippen molar-refractivity contribution in [2.75, 3.05) is 0 Å². The highest BCUT2D eigenvalue weighted by atomic mass is 35.5. The Hall–Kier alpha value is -1.34.